The van der Waals surface area contributed by atoms with Crippen LogP contribution in [-0.2, 0) is 16.6 Å². The van der Waals surface area contributed by atoms with Gasteiger partial charge >= 0.3 is 0 Å². The molecule has 2 rings (SSSR count). The summed E-state index contributed by atoms with van der Waals surface area (Å²) in [5.41, 5.74) is 1.26. The first kappa shape index (κ1) is 18.4. The molecule has 5 nitrogen and oxygen atoms in total. The van der Waals surface area contributed by atoms with Gasteiger partial charge in [0.25, 0.3) is 0 Å². The summed E-state index contributed by atoms with van der Waals surface area (Å²) in [5.74, 6) is 0.679. The fourth-order valence-electron chi connectivity index (χ4n) is 2.94. The number of piperidine rings is 1. The standard InChI is InChI=1S/C17H29N3O2S/c1-15(2)8-13-23(21,22)19(3)17-6-11-20(12-7-17)14-16-4-9-18-10-5-16/h4-5,9-10,15,17H,6-8,11-14H2,1-3H3. The van der Waals surface area contributed by atoms with Crippen molar-refractivity contribution in [3.8, 4) is 0 Å². The molecule has 1 saturated heterocycles. The number of rotatable bonds is 7. The van der Waals surface area contributed by atoms with Gasteiger partial charge in [-0.3, -0.25) is 9.88 Å². The van der Waals surface area contributed by atoms with E-state index in [1.54, 1.807) is 11.4 Å². The third-order valence-corrected chi connectivity index (χ3v) is 6.55. The zero-order chi connectivity index (χ0) is 16.9. The Kier molecular flexibility index (Phi) is 6.56. The van der Waals surface area contributed by atoms with Crippen LogP contribution < -0.4 is 0 Å². The summed E-state index contributed by atoms with van der Waals surface area (Å²) in [5, 5.41) is 0. The molecule has 0 aliphatic carbocycles. The first-order valence-corrected chi connectivity index (χ1v) is 10.1. The van der Waals surface area contributed by atoms with Crippen LogP contribution in [0, 0.1) is 5.92 Å². The molecule has 130 valence electrons. The van der Waals surface area contributed by atoms with Crippen LogP contribution in [0.3, 0.4) is 0 Å². The number of sulfonamides is 1. The summed E-state index contributed by atoms with van der Waals surface area (Å²) in [7, 11) is -1.38. The van der Waals surface area contributed by atoms with Crippen molar-refractivity contribution < 1.29 is 8.42 Å². The Bertz CT molecular complexity index is 567. The number of nitrogens with zero attached hydrogens (tertiary/aromatic N) is 3. The maximum absolute atomic E-state index is 12.4. The molecule has 1 aliphatic rings. The van der Waals surface area contributed by atoms with E-state index < -0.39 is 10.0 Å². The largest absolute Gasteiger partial charge is 0.299 e. The first-order valence-electron chi connectivity index (χ1n) is 8.45. The number of pyridine rings is 1. The highest BCUT2D eigenvalue weighted by Crippen LogP contribution is 2.20. The van der Waals surface area contributed by atoms with E-state index in [0.29, 0.717) is 5.92 Å². The molecule has 0 N–H and O–H groups in total. The Morgan fingerprint density at radius 1 is 1.26 bits per heavy atom. The Labute approximate surface area is 140 Å². The van der Waals surface area contributed by atoms with Gasteiger partial charge in [-0.05, 0) is 42.9 Å². The highest BCUT2D eigenvalue weighted by Gasteiger charge is 2.29. The molecule has 0 saturated carbocycles. The van der Waals surface area contributed by atoms with Crippen LogP contribution in [0.4, 0.5) is 0 Å². The molecular formula is C17H29N3O2S. The average molecular weight is 340 g/mol. The van der Waals surface area contributed by atoms with Gasteiger partial charge in [0.1, 0.15) is 0 Å². The van der Waals surface area contributed by atoms with Gasteiger partial charge in [0.05, 0.1) is 5.75 Å². The number of aromatic nitrogens is 1. The topological polar surface area (TPSA) is 53.5 Å². The monoisotopic (exact) mass is 339 g/mol. The van der Waals surface area contributed by atoms with Gasteiger partial charge in [0.15, 0.2) is 0 Å². The Morgan fingerprint density at radius 2 is 1.87 bits per heavy atom. The quantitative estimate of drug-likeness (QED) is 0.765. The molecule has 1 fully saturated rings. The smallest absolute Gasteiger partial charge is 0.214 e. The van der Waals surface area contributed by atoms with Crippen molar-refractivity contribution >= 4 is 10.0 Å². The summed E-state index contributed by atoms with van der Waals surface area (Å²) in [6.45, 7) is 6.92. The molecule has 0 aromatic carbocycles. The summed E-state index contributed by atoms with van der Waals surface area (Å²) in [6.07, 6.45) is 6.17. The molecule has 0 amide bonds. The molecule has 0 atom stereocenters. The van der Waals surface area contributed by atoms with Crippen molar-refractivity contribution in [2.75, 3.05) is 25.9 Å². The summed E-state index contributed by atoms with van der Waals surface area (Å²) < 4.78 is 26.4. The highest BCUT2D eigenvalue weighted by atomic mass is 32.2. The van der Waals surface area contributed by atoms with E-state index in [9.17, 15) is 8.42 Å². The zero-order valence-corrected chi connectivity index (χ0v) is 15.3. The van der Waals surface area contributed by atoms with Crippen molar-refractivity contribution in [1.82, 2.24) is 14.2 Å². The second-order valence-electron chi connectivity index (χ2n) is 6.88. The van der Waals surface area contributed by atoms with Gasteiger partial charge in [-0.15, -0.1) is 0 Å². The number of hydrogen-bond donors (Lipinski definition) is 0. The minimum absolute atomic E-state index is 0.140. The lowest BCUT2D eigenvalue weighted by Crippen LogP contribution is -2.46. The predicted molar refractivity (Wildman–Crippen MR) is 93.5 cm³/mol. The molecule has 0 spiro atoms. The average Bonchev–Trinajstić information content (AvgIpc) is 2.54. The third-order valence-electron chi connectivity index (χ3n) is 4.62. The van der Waals surface area contributed by atoms with E-state index in [0.717, 1.165) is 38.9 Å². The van der Waals surface area contributed by atoms with Crippen molar-refractivity contribution in [2.24, 2.45) is 5.92 Å². The lowest BCUT2D eigenvalue weighted by atomic mass is 10.0. The molecule has 0 radical (unpaired) electrons. The van der Waals surface area contributed by atoms with E-state index in [1.807, 2.05) is 24.5 Å². The van der Waals surface area contributed by atoms with Crippen LogP contribution in [0.2, 0.25) is 0 Å². The number of likely N-dealkylation sites (tertiary alicyclic amines) is 1. The van der Waals surface area contributed by atoms with Crippen molar-refractivity contribution in [3.05, 3.63) is 30.1 Å². The first-order chi connectivity index (χ1) is 10.9. The lowest BCUT2D eigenvalue weighted by molar-refractivity contribution is 0.164. The van der Waals surface area contributed by atoms with Gasteiger partial charge in [-0.25, -0.2) is 12.7 Å². The fraction of sp³-hybridized carbons (Fsp3) is 0.706. The molecule has 0 bridgehead atoms. The van der Waals surface area contributed by atoms with Crippen molar-refractivity contribution in [3.63, 3.8) is 0 Å². The SMILES string of the molecule is CC(C)CCS(=O)(=O)N(C)C1CCN(Cc2ccncc2)CC1. The van der Waals surface area contributed by atoms with Crippen LogP contribution >= 0.6 is 0 Å². The summed E-state index contributed by atoms with van der Waals surface area (Å²) in [4.78, 5) is 6.43. The molecule has 2 heterocycles. The van der Waals surface area contributed by atoms with Gasteiger partial charge in [-0.1, -0.05) is 13.8 Å². The van der Waals surface area contributed by atoms with Crippen LogP contribution in [-0.4, -0.2) is 54.5 Å². The van der Waals surface area contributed by atoms with Crippen LogP contribution in [0.15, 0.2) is 24.5 Å². The molecule has 1 aromatic rings. The summed E-state index contributed by atoms with van der Waals surface area (Å²) >= 11 is 0. The maximum atomic E-state index is 12.4. The van der Waals surface area contributed by atoms with Crippen LogP contribution in [0.25, 0.3) is 0 Å². The van der Waals surface area contributed by atoms with E-state index in [2.05, 4.69) is 23.7 Å². The number of hydrogen-bond acceptors (Lipinski definition) is 4. The zero-order valence-electron chi connectivity index (χ0n) is 14.5. The van der Waals surface area contributed by atoms with E-state index >= 15 is 0 Å². The van der Waals surface area contributed by atoms with Crippen LogP contribution in [0.1, 0.15) is 38.7 Å². The summed E-state index contributed by atoms with van der Waals surface area (Å²) in [6, 6.07) is 4.21. The second kappa shape index (κ2) is 8.22. The maximum Gasteiger partial charge on any atom is 0.214 e. The van der Waals surface area contributed by atoms with Gasteiger partial charge < -0.3 is 0 Å². The lowest BCUT2D eigenvalue weighted by Gasteiger charge is -2.36. The van der Waals surface area contributed by atoms with Crippen LogP contribution in [0.5, 0.6) is 0 Å². The van der Waals surface area contributed by atoms with Gasteiger partial charge in [0, 0.05) is 45.1 Å². The normalized spacial score (nSPS) is 18.0. The Morgan fingerprint density at radius 3 is 2.43 bits per heavy atom. The van der Waals surface area contributed by atoms with E-state index in [4.69, 9.17) is 0 Å². The van der Waals surface area contributed by atoms with E-state index in [-0.39, 0.29) is 11.8 Å². The molecular weight excluding hydrogens is 310 g/mol. The molecule has 1 aliphatic heterocycles. The highest BCUT2D eigenvalue weighted by molar-refractivity contribution is 7.89. The fourth-order valence-corrected chi connectivity index (χ4v) is 4.67. The van der Waals surface area contributed by atoms with Gasteiger partial charge in [-0.2, -0.15) is 0 Å². The molecule has 0 unspecified atom stereocenters. The van der Waals surface area contributed by atoms with Gasteiger partial charge in [0.2, 0.25) is 10.0 Å². The second-order valence-corrected chi connectivity index (χ2v) is 9.03. The third kappa shape index (κ3) is 5.55. The molecule has 1 aromatic heterocycles. The Hall–Kier alpha value is -0.980. The minimum Gasteiger partial charge on any atom is -0.299 e. The van der Waals surface area contributed by atoms with Crippen molar-refractivity contribution in [1.29, 1.82) is 0 Å². The molecule has 23 heavy (non-hydrogen) atoms. The minimum atomic E-state index is -3.12. The van der Waals surface area contributed by atoms with E-state index in [1.165, 1.54) is 5.56 Å². The molecule has 6 heteroatoms. The predicted octanol–water partition coefficient (Wildman–Crippen LogP) is 2.35. The van der Waals surface area contributed by atoms with Crippen molar-refractivity contribution in [2.45, 2.75) is 45.7 Å². The Balaban J connectivity index is 1.83.